The molecule has 3 nitrogen and oxygen atoms in total. The lowest BCUT2D eigenvalue weighted by Crippen LogP contribution is -2.45. The summed E-state index contributed by atoms with van der Waals surface area (Å²) >= 11 is 4.25. The highest BCUT2D eigenvalue weighted by molar-refractivity contribution is 8.07. The Labute approximate surface area is 118 Å². The first-order valence-corrected chi connectivity index (χ1v) is 8.74. The van der Waals surface area contributed by atoms with Crippen LogP contribution >= 0.6 is 23.5 Å². The molecule has 1 saturated heterocycles. The van der Waals surface area contributed by atoms with Crippen molar-refractivity contribution in [2.75, 3.05) is 18.1 Å². The van der Waals surface area contributed by atoms with Gasteiger partial charge in [-0.2, -0.15) is 28.6 Å². The largest absolute Gasteiger partial charge is 0.313 e. The summed E-state index contributed by atoms with van der Waals surface area (Å²) in [6.45, 7) is 5.61. The van der Waals surface area contributed by atoms with E-state index in [2.05, 4.69) is 54.0 Å². The molecule has 1 aromatic heterocycles. The van der Waals surface area contributed by atoms with Crippen molar-refractivity contribution in [1.82, 2.24) is 15.1 Å². The first-order valence-electron chi connectivity index (χ1n) is 6.64. The van der Waals surface area contributed by atoms with Gasteiger partial charge in [-0.3, -0.25) is 4.68 Å². The van der Waals surface area contributed by atoms with Gasteiger partial charge < -0.3 is 5.32 Å². The SMILES string of the molecule is CCNC(Cc1cnn(C)c1)C1SCCSC1C. The summed E-state index contributed by atoms with van der Waals surface area (Å²) in [4.78, 5) is 0. The van der Waals surface area contributed by atoms with Gasteiger partial charge in [-0.25, -0.2) is 0 Å². The Morgan fingerprint density at radius 2 is 2.28 bits per heavy atom. The fraction of sp³-hybridized carbons (Fsp3) is 0.769. The maximum absolute atomic E-state index is 4.27. The van der Waals surface area contributed by atoms with E-state index in [-0.39, 0.29) is 0 Å². The lowest BCUT2D eigenvalue weighted by Gasteiger charge is -2.34. The van der Waals surface area contributed by atoms with Gasteiger partial charge in [-0.1, -0.05) is 13.8 Å². The van der Waals surface area contributed by atoms with E-state index in [1.165, 1.54) is 17.1 Å². The van der Waals surface area contributed by atoms with Crippen LogP contribution < -0.4 is 5.32 Å². The lowest BCUT2D eigenvalue weighted by atomic mass is 10.0. The van der Waals surface area contributed by atoms with Gasteiger partial charge in [0.05, 0.1) is 6.20 Å². The van der Waals surface area contributed by atoms with Crippen LogP contribution in [0.2, 0.25) is 0 Å². The van der Waals surface area contributed by atoms with Crippen molar-refractivity contribution >= 4 is 23.5 Å². The van der Waals surface area contributed by atoms with E-state index < -0.39 is 0 Å². The number of nitrogens with zero attached hydrogens (tertiary/aromatic N) is 2. The number of hydrogen-bond donors (Lipinski definition) is 1. The van der Waals surface area contributed by atoms with Crippen LogP contribution in [0.5, 0.6) is 0 Å². The van der Waals surface area contributed by atoms with Gasteiger partial charge in [0.2, 0.25) is 0 Å². The predicted molar refractivity (Wildman–Crippen MR) is 82.5 cm³/mol. The zero-order valence-corrected chi connectivity index (χ0v) is 13.1. The molecule has 5 heteroatoms. The molecule has 3 unspecified atom stereocenters. The van der Waals surface area contributed by atoms with E-state index in [9.17, 15) is 0 Å². The predicted octanol–water partition coefficient (Wildman–Crippen LogP) is 2.18. The highest BCUT2D eigenvalue weighted by atomic mass is 32.2. The Kier molecular flexibility index (Phi) is 5.45. The van der Waals surface area contributed by atoms with Crippen LogP contribution in [0.1, 0.15) is 19.4 Å². The molecule has 0 spiro atoms. The van der Waals surface area contributed by atoms with E-state index in [1.54, 1.807) is 0 Å². The third-order valence-corrected chi connectivity index (χ3v) is 6.56. The number of nitrogens with one attached hydrogen (secondary N) is 1. The molecule has 1 fully saturated rings. The minimum atomic E-state index is 0.562. The number of thioether (sulfide) groups is 2. The summed E-state index contributed by atoms with van der Waals surface area (Å²) in [5.74, 6) is 2.59. The molecular formula is C13H23N3S2. The van der Waals surface area contributed by atoms with E-state index >= 15 is 0 Å². The van der Waals surface area contributed by atoms with Crippen LogP contribution in [0, 0.1) is 0 Å². The third-order valence-electron chi connectivity index (χ3n) is 3.31. The Morgan fingerprint density at radius 3 is 2.89 bits per heavy atom. The van der Waals surface area contributed by atoms with Crippen LogP contribution in [0.15, 0.2) is 12.4 Å². The molecule has 0 amide bonds. The van der Waals surface area contributed by atoms with E-state index in [1.807, 2.05) is 17.9 Å². The molecule has 0 bridgehead atoms. The minimum Gasteiger partial charge on any atom is -0.313 e. The van der Waals surface area contributed by atoms with Crippen molar-refractivity contribution in [1.29, 1.82) is 0 Å². The molecule has 3 atom stereocenters. The molecule has 2 rings (SSSR count). The molecule has 1 aliphatic rings. The fourth-order valence-corrected chi connectivity index (χ4v) is 5.45. The molecule has 102 valence electrons. The van der Waals surface area contributed by atoms with Crippen LogP contribution in [0.4, 0.5) is 0 Å². The smallest absolute Gasteiger partial charge is 0.0522 e. The van der Waals surface area contributed by atoms with Crippen molar-refractivity contribution < 1.29 is 0 Å². The quantitative estimate of drug-likeness (QED) is 0.898. The maximum atomic E-state index is 4.27. The second-order valence-corrected chi connectivity index (χ2v) is 7.57. The zero-order valence-electron chi connectivity index (χ0n) is 11.4. The highest BCUT2D eigenvalue weighted by Gasteiger charge is 2.30. The molecule has 0 radical (unpaired) electrons. The van der Waals surface area contributed by atoms with Gasteiger partial charge in [0.15, 0.2) is 0 Å². The average Bonchev–Trinajstić information content (AvgIpc) is 2.75. The third kappa shape index (κ3) is 3.68. The fourth-order valence-electron chi connectivity index (χ4n) is 2.49. The van der Waals surface area contributed by atoms with E-state index in [0.29, 0.717) is 11.3 Å². The van der Waals surface area contributed by atoms with Gasteiger partial charge >= 0.3 is 0 Å². The standard InChI is InChI=1S/C13H23N3S2/c1-4-14-12(7-11-8-15-16(3)9-11)13-10(2)17-5-6-18-13/h8-10,12-14H,4-7H2,1-3H3. The van der Waals surface area contributed by atoms with Gasteiger partial charge in [0.25, 0.3) is 0 Å². The number of aromatic nitrogens is 2. The number of hydrogen-bond acceptors (Lipinski definition) is 4. The molecule has 1 N–H and O–H groups in total. The number of aryl methyl sites for hydroxylation is 1. The topological polar surface area (TPSA) is 29.9 Å². The van der Waals surface area contributed by atoms with Crippen molar-refractivity contribution in [3.8, 4) is 0 Å². The van der Waals surface area contributed by atoms with Crippen molar-refractivity contribution in [3.05, 3.63) is 18.0 Å². The summed E-state index contributed by atoms with van der Waals surface area (Å²) in [6, 6.07) is 0.562. The van der Waals surface area contributed by atoms with Crippen molar-refractivity contribution in [2.45, 2.75) is 36.8 Å². The summed E-state index contributed by atoms with van der Waals surface area (Å²) < 4.78 is 1.89. The van der Waals surface area contributed by atoms with E-state index in [0.717, 1.165) is 18.2 Å². The molecule has 0 aromatic carbocycles. The van der Waals surface area contributed by atoms with Crippen LogP contribution in [0.25, 0.3) is 0 Å². The van der Waals surface area contributed by atoms with Gasteiger partial charge in [-0.05, 0) is 18.5 Å². The van der Waals surface area contributed by atoms with Gasteiger partial charge in [0.1, 0.15) is 0 Å². The summed E-state index contributed by atoms with van der Waals surface area (Å²) in [5.41, 5.74) is 1.34. The molecule has 0 aliphatic carbocycles. The Hall–Kier alpha value is -0.130. The Morgan fingerprint density at radius 1 is 1.50 bits per heavy atom. The summed E-state index contributed by atoms with van der Waals surface area (Å²) in [7, 11) is 1.99. The normalized spacial score (nSPS) is 26.2. The zero-order chi connectivity index (χ0) is 13.0. The molecule has 18 heavy (non-hydrogen) atoms. The first-order chi connectivity index (χ1) is 8.70. The molecule has 0 saturated carbocycles. The number of rotatable bonds is 5. The first kappa shape index (κ1) is 14.3. The molecular weight excluding hydrogens is 262 g/mol. The second-order valence-electron chi connectivity index (χ2n) is 4.80. The Balaban J connectivity index is 2.02. The Bertz CT molecular complexity index is 367. The monoisotopic (exact) mass is 285 g/mol. The number of likely N-dealkylation sites (N-methyl/N-ethyl adjacent to an activating group) is 1. The average molecular weight is 285 g/mol. The van der Waals surface area contributed by atoms with Crippen molar-refractivity contribution in [2.24, 2.45) is 7.05 Å². The summed E-state index contributed by atoms with van der Waals surface area (Å²) in [5, 5.41) is 9.39. The van der Waals surface area contributed by atoms with Crippen molar-refractivity contribution in [3.63, 3.8) is 0 Å². The minimum absolute atomic E-state index is 0.562. The maximum Gasteiger partial charge on any atom is 0.0522 e. The van der Waals surface area contributed by atoms with Gasteiger partial charge in [0, 0.05) is 41.3 Å². The molecule has 2 heterocycles. The van der Waals surface area contributed by atoms with Crippen LogP contribution in [0.3, 0.4) is 0 Å². The lowest BCUT2D eigenvalue weighted by molar-refractivity contribution is 0.500. The van der Waals surface area contributed by atoms with Gasteiger partial charge in [-0.15, -0.1) is 0 Å². The summed E-state index contributed by atoms with van der Waals surface area (Å²) in [6.07, 6.45) is 5.22. The van der Waals surface area contributed by atoms with Crippen LogP contribution in [-0.2, 0) is 13.5 Å². The molecule has 1 aromatic rings. The molecule has 1 aliphatic heterocycles. The van der Waals surface area contributed by atoms with Crippen LogP contribution in [-0.4, -0.2) is 44.4 Å². The second kappa shape index (κ2) is 6.87. The van der Waals surface area contributed by atoms with E-state index in [4.69, 9.17) is 0 Å². The highest BCUT2D eigenvalue weighted by Crippen LogP contribution is 2.33.